The number of guanidine groups is 1. The summed E-state index contributed by atoms with van der Waals surface area (Å²) in [5.74, 6) is 0.507. The number of benzene rings is 2. The van der Waals surface area contributed by atoms with Crippen LogP contribution in [0, 0.1) is 5.92 Å². The first-order chi connectivity index (χ1) is 18.5. The number of rotatable bonds is 11. The molecule has 8 nitrogen and oxygen atoms in total. The molecule has 4 rings (SSSR count). The molecule has 0 bridgehead atoms. The number of aliphatic imine (C=N–C) groups is 1. The van der Waals surface area contributed by atoms with Gasteiger partial charge in [-0.2, -0.15) is 0 Å². The highest BCUT2D eigenvalue weighted by molar-refractivity contribution is 5.82. The molecule has 0 aromatic heterocycles. The summed E-state index contributed by atoms with van der Waals surface area (Å²) in [5.41, 5.74) is 13.4. The van der Waals surface area contributed by atoms with Crippen LogP contribution in [0.15, 0.2) is 65.7 Å². The van der Waals surface area contributed by atoms with Gasteiger partial charge in [0.1, 0.15) is 0 Å². The van der Waals surface area contributed by atoms with Gasteiger partial charge in [-0.1, -0.05) is 73.5 Å². The molecule has 1 saturated carbocycles. The molecular weight excluding hydrogens is 476 g/mol. The van der Waals surface area contributed by atoms with Crippen LogP contribution in [0.5, 0.6) is 0 Å². The predicted octanol–water partition coefficient (Wildman–Crippen LogP) is 2.74. The number of hydrogen-bond donors (Lipinski definition) is 4. The number of carbonyl (C=O) groups excluding carboxylic acids is 2. The number of nitrogens with two attached hydrogens (primary N) is 2. The Morgan fingerprint density at radius 2 is 1.63 bits per heavy atom. The molecule has 2 amide bonds. The molecule has 0 unspecified atom stereocenters. The molecular formula is C30H42N6O2. The average Bonchev–Trinajstić information content (AvgIpc) is 3.44. The molecule has 1 aliphatic heterocycles. The van der Waals surface area contributed by atoms with Gasteiger partial charge in [0.15, 0.2) is 5.96 Å². The number of nitrogens with one attached hydrogen (secondary N) is 2. The fourth-order valence-electron chi connectivity index (χ4n) is 5.68. The van der Waals surface area contributed by atoms with E-state index in [1.165, 1.54) is 11.1 Å². The molecule has 204 valence electrons. The van der Waals surface area contributed by atoms with Gasteiger partial charge in [0.05, 0.1) is 6.04 Å². The Kier molecular flexibility index (Phi) is 10.1. The third-order valence-corrected chi connectivity index (χ3v) is 7.79. The van der Waals surface area contributed by atoms with Crippen molar-refractivity contribution in [3.63, 3.8) is 0 Å². The summed E-state index contributed by atoms with van der Waals surface area (Å²) in [4.78, 5) is 32.6. The van der Waals surface area contributed by atoms with Gasteiger partial charge in [-0.05, 0) is 43.2 Å². The van der Waals surface area contributed by atoms with E-state index in [0.29, 0.717) is 39.0 Å². The standard InChI is InChI=1S/C30H42N6O2/c31-30(32)33-18-9-16-27-29(38)36(19-17-25(35-27)20-34-28(37)24-14-7-8-15-24)21-26(22-10-3-1-4-11-22)23-12-5-2-6-13-23/h1-6,10-13,24-27,35H,7-9,14-21H2,(H,34,37)(H4,31,32,33)/t25-,27-/m0/s1. The first-order valence-corrected chi connectivity index (χ1v) is 14.0. The van der Waals surface area contributed by atoms with E-state index in [2.05, 4.69) is 39.9 Å². The second kappa shape index (κ2) is 14.0. The minimum atomic E-state index is -0.354. The zero-order valence-electron chi connectivity index (χ0n) is 22.2. The predicted molar refractivity (Wildman–Crippen MR) is 152 cm³/mol. The van der Waals surface area contributed by atoms with Gasteiger partial charge in [0.25, 0.3) is 0 Å². The van der Waals surface area contributed by atoms with E-state index in [9.17, 15) is 9.59 Å². The first kappa shape index (κ1) is 27.6. The largest absolute Gasteiger partial charge is 0.370 e. The van der Waals surface area contributed by atoms with Crippen LogP contribution in [0.4, 0.5) is 0 Å². The van der Waals surface area contributed by atoms with Crippen LogP contribution in [-0.2, 0) is 9.59 Å². The van der Waals surface area contributed by atoms with Crippen molar-refractivity contribution in [3.05, 3.63) is 71.8 Å². The van der Waals surface area contributed by atoms with Crippen LogP contribution in [0.1, 0.15) is 62.0 Å². The third-order valence-electron chi connectivity index (χ3n) is 7.79. The third kappa shape index (κ3) is 7.81. The van der Waals surface area contributed by atoms with E-state index < -0.39 is 0 Å². The number of hydrogen-bond acceptors (Lipinski definition) is 4. The molecule has 2 atom stereocenters. The maximum absolute atomic E-state index is 13.9. The van der Waals surface area contributed by atoms with Crippen molar-refractivity contribution in [2.24, 2.45) is 22.4 Å². The summed E-state index contributed by atoms with van der Waals surface area (Å²) < 4.78 is 0. The van der Waals surface area contributed by atoms with E-state index in [1.807, 2.05) is 41.3 Å². The monoisotopic (exact) mass is 518 g/mol. The first-order valence-electron chi connectivity index (χ1n) is 14.0. The van der Waals surface area contributed by atoms with Crippen molar-refractivity contribution in [1.82, 2.24) is 15.5 Å². The Morgan fingerprint density at radius 1 is 1.00 bits per heavy atom. The van der Waals surface area contributed by atoms with Crippen LogP contribution >= 0.6 is 0 Å². The fraction of sp³-hybridized carbons (Fsp3) is 0.500. The summed E-state index contributed by atoms with van der Waals surface area (Å²) in [6.45, 7) is 2.24. The van der Waals surface area contributed by atoms with Crippen LogP contribution in [0.25, 0.3) is 0 Å². The lowest BCUT2D eigenvalue weighted by Crippen LogP contribution is -2.49. The van der Waals surface area contributed by atoms with E-state index in [0.717, 1.165) is 32.1 Å². The zero-order valence-corrected chi connectivity index (χ0v) is 22.2. The highest BCUT2D eigenvalue weighted by Crippen LogP contribution is 2.27. The zero-order chi connectivity index (χ0) is 26.7. The molecule has 38 heavy (non-hydrogen) atoms. The summed E-state index contributed by atoms with van der Waals surface area (Å²) in [6.07, 6.45) is 6.30. The van der Waals surface area contributed by atoms with Gasteiger partial charge in [0.2, 0.25) is 11.8 Å². The molecule has 1 heterocycles. The van der Waals surface area contributed by atoms with Crippen LogP contribution in [-0.4, -0.2) is 60.9 Å². The van der Waals surface area contributed by atoms with Crippen LogP contribution in [0.3, 0.4) is 0 Å². The van der Waals surface area contributed by atoms with E-state index in [4.69, 9.17) is 11.5 Å². The average molecular weight is 519 g/mol. The van der Waals surface area contributed by atoms with Gasteiger partial charge >= 0.3 is 0 Å². The Hall–Kier alpha value is -3.39. The molecule has 1 aliphatic carbocycles. The van der Waals surface area contributed by atoms with Gasteiger partial charge < -0.3 is 27.0 Å². The van der Waals surface area contributed by atoms with Crippen molar-refractivity contribution in [2.45, 2.75) is 62.9 Å². The Morgan fingerprint density at radius 3 is 2.24 bits per heavy atom. The Balaban J connectivity index is 1.48. The lowest BCUT2D eigenvalue weighted by Gasteiger charge is -2.29. The maximum Gasteiger partial charge on any atom is 0.239 e. The molecule has 1 saturated heterocycles. The number of amides is 2. The quantitative estimate of drug-likeness (QED) is 0.207. The number of nitrogens with zero attached hydrogens (tertiary/aromatic N) is 2. The minimum absolute atomic E-state index is 0.0225. The lowest BCUT2D eigenvalue weighted by atomic mass is 9.90. The summed E-state index contributed by atoms with van der Waals surface area (Å²) in [7, 11) is 0. The summed E-state index contributed by atoms with van der Waals surface area (Å²) >= 11 is 0. The van der Waals surface area contributed by atoms with E-state index in [1.54, 1.807) is 0 Å². The molecule has 2 aromatic rings. The highest BCUT2D eigenvalue weighted by Gasteiger charge is 2.33. The van der Waals surface area contributed by atoms with Gasteiger partial charge in [-0.15, -0.1) is 0 Å². The summed E-state index contributed by atoms with van der Waals surface area (Å²) in [6, 6.07) is 20.4. The maximum atomic E-state index is 13.9. The molecule has 2 aromatic carbocycles. The minimum Gasteiger partial charge on any atom is -0.370 e. The second-order valence-electron chi connectivity index (χ2n) is 10.5. The second-order valence-corrected chi connectivity index (χ2v) is 10.5. The normalized spacial score (nSPS) is 20.3. The van der Waals surface area contributed by atoms with Gasteiger partial charge in [-0.25, -0.2) is 0 Å². The van der Waals surface area contributed by atoms with Crippen LogP contribution < -0.4 is 22.1 Å². The van der Waals surface area contributed by atoms with E-state index >= 15 is 0 Å². The molecule has 0 spiro atoms. The van der Waals surface area contributed by atoms with Crippen molar-refractivity contribution in [3.8, 4) is 0 Å². The molecule has 2 aliphatic rings. The highest BCUT2D eigenvalue weighted by atomic mass is 16.2. The lowest BCUT2D eigenvalue weighted by molar-refractivity contribution is -0.133. The smallest absolute Gasteiger partial charge is 0.239 e. The fourth-order valence-corrected chi connectivity index (χ4v) is 5.68. The molecule has 6 N–H and O–H groups in total. The van der Waals surface area contributed by atoms with Crippen molar-refractivity contribution in [1.29, 1.82) is 0 Å². The topological polar surface area (TPSA) is 126 Å². The SMILES string of the molecule is NC(N)=NCCC[C@@H]1N[C@H](CNC(=O)C2CCCC2)CCN(CC(c2ccccc2)c2ccccc2)C1=O. The molecule has 2 fully saturated rings. The van der Waals surface area contributed by atoms with Gasteiger partial charge in [0, 0.05) is 44.1 Å². The van der Waals surface area contributed by atoms with Gasteiger partial charge in [-0.3, -0.25) is 14.6 Å². The van der Waals surface area contributed by atoms with Crippen LogP contribution in [0.2, 0.25) is 0 Å². The Labute approximate surface area is 226 Å². The van der Waals surface area contributed by atoms with Crippen molar-refractivity contribution >= 4 is 17.8 Å². The number of carbonyl (C=O) groups is 2. The molecule has 0 radical (unpaired) electrons. The summed E-state index contributed by atoms with van der Waals surface area (Å²) in [5, 5.41) is 6.73. The molecule has 8 heteroatoms. The Bertz CT molecular complexity index is 1010. The van der Waals surface area contributed by atoms with E-state index in [-0.39, 0.29) is 41.7 Å². The van der Waals surface area contributed by atoms with Crippen molar-refractivity contribution in [2.75, 3.05) is 26.2 Å². The van der Waals surface area contributed by atoms with Crippen molar-refractivity contribution < 1.29 is 9.59 Å².